The minimum Gasteiger partial charge on any atom is -0.303 e. The maximum atomic E-state index is 12.4. The predicted octanol–water partition coefficient (Wildman–Crippen LogP) is 3.42. The lowest BCUT2D eigenvalue weighted by Gasteiger charge is -2.05. The SMILES string of the molecule is CS(=O)(=NC(=O)Nc1cccnc1Cl)c1ccccc1. The highest BCUT2D eigenvalue weighted by Crippen LogP contribution is 2.18. The molecule has 0 aliphatic rings. The maximum Gasteiger partial charge on any atom is 0.353 e. The van der Waals surface area contributed by atoms with Gasteiger partial charge in [0.1, 0.15) is 0 Å². The van der Waals surface area contributed by atoms with Crippen LogP contribution in [0.25, 0.3) is 0 Å². The van der Waals surface area contributed by atoms with E-state index in [4.69, 9.17) is 11.6 Å². The highest BCUT2D eigenvalue weighted by Gasteiger charge is 2.10. The number of amides is 2. The molecule has 1 heterocycles. The molecular formula is C13H12ClN3O2S. The van der Waals surface area contributed by atoms with Gasteiger partial charge in [-0.05, 0) is 24.3 Å². The number of aromatic nitrogens is 1. The fraction of sp³-hybridized carbons (Fsp3) is 0.0769. The number of pyridine rings is 1. The lowest BCUT2D eigenvalue weighted by atomic mass is 10.4. The first-order valence-electron chi connectivity index (χ1n) is 5.68. The van der Waals surface area contributed by atoms with E-state index in [0.29, 0.717) is 10.6 Å². The number of benzene rings is 1. The van der Waals surface area contributed by atoms with Crippen LogP contribution >= 0.6 is 11.6 Å². The topological polar surface area (TPSA) is 71.4 Å². The Kier molecular flexibility index (Phi) is 4.36. The molecule has 2 aromatic rings. The van der Waals surface area contributed by atoms with Gasteiger partial charge in [-0.1, -0.05) is 29.8 Å². The minimum absolute atomic E-state index is 0.151. The third kappa shape index (κ3) is 3.55. The Morgan fingerprint density at radius 1 is 1.25 bits per heavy atom. The average Bonchev–Trinajstić information content (AvgIpc) is 2.42. The molecule has 1 unspecified atom stereocenters. The Balaban J connectivity index is 2.25. The van der Waals surface area contributed by atoms with Crippen molar-refractivity contribution in [3.05, 3.63) is 53.8 Å². The van der Waals surface area contributed by atoms with Gasteiger partial charge in [0, 0.05) is 17.3 Å². The molecule has 2 rings (SSSR count). The van der Waals surface area contributed by atoms with Gasteiger partial charge in [0.25, 0.3) is 0 Å². The number of rotatable bonds is 2. The molecule has 20 heavy (non-hydrogen) atoms. The van der Waals surface area contributed by atoms with Crippen molar-refractivity contribution in [2.24, 2.45) is 4.36 Å². The highest BCUT2D eigenvalue weighted by molar-refractivity contribution is 7.93. The van der Waals surface area contributed by atoms with Crippen LogP contribution in [0.3, 0.4) is 0 Å². The van der Waals surface area contributed by atoms with Gasteiger partial charge < -0.3 is 5.32 Å². The first-order chi connectivity index (χ1) is 9.49. The number of nitrogens with one attached hydrogen (secondary N) is 1. The van der Waals surface area contributed by atoms with Gasteiger partial charge >= 0.3 is 6.03 Å². The largest absolute Gasteiger partial charge is 0.353 e. The maximum absolute atomic E-state index is 12.4. The van der Waals surface area contributed by atoms with Gasteiger partial charge in [0.15, 0.2) is 5.15 Å². The van der Waals surface area contributed by atoms with Crippen molar-refractivity contribution < 1.29 is 9.00 Å². The van der Waals surface area contributed by atoms with Crippen molar-refractivity contribution in [2.45, 2.75) is 4.90 Å². The number of carbonyl (C=O) groups is 1. The van der Waals surface area contributed by atoms with Gasteiger partial charge in [-0.3, -0.25) is 0 Å². The molecule has 0 aliphatic heterocycles. The standard InChI is InChI=1S/C13H12ClN3O2S/c1-20(19,10-6-3-2-4-7-10)17-13(18)16-11-8-5-9-15-12(11)14/h2-9H,1H3,(H,16,18). The van der Waals surface area contributed by atoms with Gasteiger partial charge in [-0.25, -0.2) is 14.0 Å². The fourth-order valence-electron chi connectivity index (χ4n) is 1.50. The number of hydrogen-bond donors (Lipinski definition) is 1. The Morgan fingerprint density at radius 3 is 2.60 bits per heavy atom. The molecule has 0 aliphatic carbocycles. The van der Waals surface area contributed by atoms with E-state index in [1.54, 1.807) is 42.5 Å². The zero-order valence-electron chi connectivity index (χ0n) is 10.6. The van der Waals surface area contributed by atoms with Crippen LogP contribution < -0.4 is 5.32 Å². The van der Waals surface area contributed by atoms with E-state index < -0.39 is 15.8 Å². The minimum atomic E-state index is -2.79. The molecule has 0 saturated carbocycles. The van der Waals surface area contributed by atoms with Crippen LogP contribution in [0.1, 0.15) is 0 Å². The summed E-state index contributed by atoms with van der Waals surface area (Å²) in [7, 11) is -2.79. The summed E-state index contributed by atoms with van der Waals surface area (Å²) < 4.78 is 16.1. The summed E-state index contributed by atoms with van der Waals surface area (Å²) >= 11 is 5.82. The van der Waals surface area contributed by atoms with E-state index in [0.717, 1.165) is 0 Å². The molecule has 0 bridgehead atoms. The average molecular weight is 310 g/mol. The van der Waals surface area contributed by atoms with Crippen molar-refractivity contribution >= 4 is 33.0 Å². The van der Waals surface area contributed by atoms with E-state index in [1.165, 1.54) is 12.5 Å². The van der Waals surface area contributed by atoms with Gasteiger partial charge in [0.05, 0.1) is 15.4 Å². The van der Waals surface area contributed by atoms with E-state index in [9.17, 15) is 9.00 Å². The second-order valence-electron chi connectivity index (χ2n) is 3.98. The molecule has 104 valence electrons. The van der Waals surface area contributed by atoms with E-state index in [2.05, 4.69) is 14.7 Å². The smallest absolute Gasteiger partial charge is 0.303 e. The van der Waals surface area contributed by atoms with E-state index >= 15 is 0 Å². The Labute approximate surface area is 122 Å². The summed E-state index contributed by atoms with van der Waals surface area (Å²) in [6.45, 7) is 0. The van der Waals surface area contributed by atoms with Crippen LogP contribution in [0.4, 0.5) is 10.5 Å². The summed E-state index contributed by atoms with van der Waals surface area (Å²) in [6, 6.07) is 11.1. The molecule has 0 fully saturated rings. The third-order valence-corrected chi connectivity index (χ3v) is 4.40. The molecule has 5 nitrogen and oxygen atoms in total. The van der Waals surface area contributed by atoms with Crippen LogP contribution in [0.5, 0.6) is 0 Å². The number of halogens is 1. The highest BCUT2D eigenvalue weighted by atomic mass is 35.5. The monoisotopic (exact) mass is 309 g/mol. The molecular weight excluding hydrogens is 298 g/mol. The summed E-state index contributed by atoms with van der Waals surface area (Å²) in [5.41, 5.74) is 0.325. The molecule has 7 heteroatoms. The fourth-order valence-corrected chi connectivity index (χ4v) is 2.80. The first kappa shape index (κ1) is 14.5. The molecule has 1 N–H and O–H groups in total. The molecule has 1 aromatic carbocycles. The van der Waals surface area contributed by atoms with Gasteiger partial charge in [0.2, 0.25) is 0 Å². The van der Waals surface area contributed by atoms with Crippen molar-refractivity contribution in [1.82, 2.24) is 4.98 Å². The third-order valence-electron chi connectivity index (χ3n) is 2.44. The van der Waals surface area contributed by atoms with E-state index in [-0.39, 0.29) is 5.15 Å². The van der Waals surface area contributed by atoms with E-state index in [1.807, 2.05) is 0 Å². The summed E-state index contributed by atoms with van der Waals surface area (Å²) in [5.74, 6) is 0. The molecule has 1 atom stereocenters. The molecule has 1 aromatic heterocycles. The van der Waals surface area contributed by atoms with Crippen molar-refractivity contribution in [3.63, 3.8) is 0 Å². The Bertz CT molecular complexity index is 740. The molecule has 0 spiro atoms. The number of anilines is 1. The van der Waals surface area contributed by atoms with Crippen molar-refractivity contribution in [1.29, 1.82) is 0 Å². The number of urea groups is 1. The van der Waals surface area contributed by atoms with Crippen LogP contribution in [0.2, 0.25) is 5.15 Å². The zero-order valence-corrected chi connectivity index (χ0v) is 12.2. The zero-order chi connectivity index (χ0) is 14.6. The summed E-state index contributed by atoms with van der Waals surface area (Å²) in [6.07, 6.45) is 2.91. The predicted molar refractivity (Wildman–Crippen MR) is 79.5 cm³/mol. The Hall–Kier alpha value is -1.92. The van der Waals surface area contributed by atoms with Crippen LogP contribution in [-0.4, -0.2) is 21.5 Å². The quantitative estimate of drug-likeness (QED) is 0.864. The lowest BCUT2D eigenvalue weighted by molar-refractivity contribution is 0.260. The summed E-state index contributed by atoms with van der Waals surface area (Å²) in [5, 5.41) is 2.61. The number of carbonyl (C=O) groups excluding carboxylic acids is 1. The van der Waals surface area contributed by atoms with Crippen molar-refractivity contribution in [3.8, 4) is 0 Å². The molecule has 0 radical (unpaired) electrons. The van der Waals surface area contributed by atoms with Crippen LogP contribution in [-0.2, 0) is 9.73 Å². The van der Waals surface area contributed by atoms with Gasteiger partial charge in [-0.15, -0.1) is 4.36 Å². The van der Waals surface area contributed by atoms with Gasteiger partial charge in [-0.2, -0.15) is 0 Å². The Morgan fingerprint density at radius 2 is 1.95 bits per heavy atom. The molecule has 2 amide bonds. The van der Waals surface area contributed by atoms with Crippen LogP contribution in [0, 0.1) is 0 Å². The first-order valence-corrected chi connectivity index (χ1v) is 7.98. The van der Waals surface area contributed by atoms with Crippen LogP contribution in [0.15, 0.2) is 57.9 Å². The number of nitrogens with zero attached hydrogens (tertiary/aromatic N) is 2. The van der Waals surface area contributed by atoms with Crippen molar-refractivity contribution in [2.75, 3.05) is 11.6 Å². The lowest BCUT2D eigenvalue weighted by Crippen LogP contribution is -2.10. The second kappa shape index (κ2) is 6.02. The second-order valence-corrected chi connectivity index (χ2v) is 6.60. The normalized spacial score (nSPS) is 13.3. The summed E-state index contributed by atoms with van der Waals surface area (Å²) in [4.78, 5) is 16.1. The number of hydrogen-bond acceptors (Lipinski definition) is 3. The molecule has 0 saturated heterocycles.